The highest BCUT2D eigenvalue weighted by Gasteiger charge is 2.02. The van der Waals surface area contributed by atoms with E-state index in [2.05, 4.69) is 62.3 Å². The molecule has 0 fully saturated rings. The minimum Gasteiger partial charge on any atom is -0.314 e. The molecule has 96 valence electrons. The summed E-state index contributed by atoms with van der Waals surface area (Å²) in [5.41, 5.74) is 2.83. The average molecular weight is 234 g/mol. The van der Waals surface area contributed by atoms with Gasteiger partial charge in [-0.05, 0) is 44.6 Å². The molecule has 17 heavy (non-hydrogen) atoms. The molecule has 1 aromatic rings. The first-order valence-corrected chi connectivity index (χ1v) is 6.56. The Morgan fingerprint density at radius 2 is 1.94 bits per heavy atom. The smallest absolute Gasteiger partial charge is 0.0233 e. The van der Waals surface area contributed by atoms with Crippen LogP contribution in [0.15, 0.2) is 24.3 Å². The lowest BCUT2D eigenvalue weighted by Crippen LogP contribution is -2.27. The summed E-state index contributed by atoms with van der Waals surface area (Å²) in [6.45, 7) is 9.87. The van der Waals surface area contributed by atoms with E-state index in [1.807, 2.05) is 0 Å². The van der Waals surface area contributed by atoms with Gasteiger partial charge in [0.25, 0.3) is 0 Å². The molecule has 2 heteroatoms. The maximum Gasteiger partial charge on any atom is 0.0233 e. The van der Waals surface area contributed by atoms with Gasteiger partial charge in [-0.1, -0.05) is 38.1 Å². The zero-order valence-corrected chi connectivity index (χ0v) is 11.7. The maximum atomic E-state index is 3.45. The second-order valence-corrected chi connectivity index (χ2v) is 5.13. The van der Waals surface area contributed by atoms with Crippen LogP contribution in [-0.2, 0) is 6.54 Å². The lowest BCUT2D eigenvalue weighted by molar-refractivity contribution is 0.317. The van der Waals surface area contributed by atoms with Gasteiger partial charge in [0, 0.05) is 12.6 Å². The Morgan fingerprint density at radius 3 is 2.59 bits per heavy atom. The quantitative estimate of drug-likeness (QED) is 0.730. The minimum atomic E-state index is 0.594. The summed E-state index contributed by atoms with van der Waals surface area (Å²) in [5.74, 6) is 0. The Kier molecular flexibility index (Phi) is 6.23. The Labute approximate surface area is 106 Å². The molecule has 2 nitrogen and oxygen atoms in total. The SMILES string of the molecule is Cc1ccccc1CN(C)CCCNC(C)C. The minimum absolute atomic E-state index is 0.594. The van der Waals surface area contributed by atoms with E-state index in [0.717, 1.165) is 19.6 Å². The Balaban J connectivity index is 2.25. The summed E-state index contributed by atoms with van der Waals surface area (Å²) in [5, 5.41) is 3.45. The Morgan fingerprint density at radius 1 is 1.24 bits per heavy atom. The molecule has 0 aliphatic rings. The van der Waals surface area contributed by atoms with Crippen molar-refractivity contribution in [3.63, 3.8) is 0 Å². The molecule has 0 saturated carbocycles. The summed E-state index contributed by atoms with van der Waals surface area (Å²) >= 11 is 0. The first kappa shape index (κ1) is 14.2. The van der Waals surface area contributed by atoms with Gasteiger partial charge in [-0.3, -0.25) is 0 Å². The van der Waals surface area contributed by atoms with E-state index < -0.39 is 0 Å². The predicted octanol–water partition coefficient (Wildman–Crippen LogP) is 2.81. The largest absolute Gasteiger partial charge is 0.314 e. The first-order valence-electron chi connectivity index (χ1n) is 6.56. The monoisotopic (exact) mass is 234 g/mol. The Hall–Kier alpha value is -0.860. The van der Waals surface area contributed by atoms with E-state index >= 15 is 0 Å². The van der Waals surface area contributed by atoms with Crippen LogP contribution >= 0.6 is 0 Å². The highest BCUT2D eigenvalue weighted by molar-refractivity contribution is 5.25. The van der Waals surface area contributed by atoms with E-state index in [1.165, 1.54) is 17.5 Å². The van der Waals surface area contributed by atoms with Crippen LogP contribution in [0.5, 0.6) is 0 Å². The van der Waals surface area contributed by atoms with Crippen molar-refractivity contribution in [1.82, 2.24) is 10.2 Å². The van der Waals surface area contributed by atoms with Crippen LogP contribution in [0.2, 0.25) is 0 Å². The van der Waals surface area contributed by atoms with Crippen molar-refractivity contribution in [2.75, 3.05) is 20.1 Å². The fourth-order valence-electron chi connectivity index (χ4n) is 1.90. The molecule has 0 radical (unpaired) electrons. The third-order valence-electron chi connectivity index (χ3n) is 2.97. The van der Waals surface area contributed by atoms with Crippen molar-refractivity contribution >= 4 is 0 Å². The lowest BCUT2D eigenvalue weighted by atomic mass is 10.1. The van der Waals surface area contributed by atoms with E-state index in [0.29, 0.717) is 6.04 Å². The highest BCUT2D eigenvalue weighted by Crippen LogP contribution is 2.09. The molecule has 0 saturated heterocycles. The van der Waals surface area contributed by atoms with E-state index in [4.69, 9.17) is 0 Å². The van der Waals surface area contributed by atoms with Crippen LogP contribution < -0.4 is 5.32 Å². The van der Waals surface area contributed by atoms with Gasteiger partial charge in [0.05, 0.1) is 0 Å². The molecule has 0 bridgehead atoms. The molecule has 0 aliphatic heterocycles. The summed E-state index contributed by atoms with van der Waals surface area (Å²) in [6.07, 6.45) is 1.21. The first-order chi connectivity index (χ1) is 8.09. The molecule has 0 unspecified atom stereocenters. The number of nitrogens with zero attached hydrogens (tertiary/aromatic N) is 1. The maximum absolute atomic E-state index is 3.45. The van der Waals surface area contributed by atoms with Gasteiger partial charge in [0.2, 0.25) is 0 Å². The molecular weight excluding hydrogens is 208 g/mol. The highest BCUT2D eigenvalue weighted by atomic mass is 15.1. The molecule has 0 spiro atoms. The van der Waals surface area contributed by atoms with Crippen LogP contribution in [-0.4, -0.2) is 31.1 Å². The normalized spacial score (nSPS) is 11.4. The molecule has 0 heterocycles. The van der Waals surface area contributed by atoms with Crippen LogP contribution in [0.25, 0.3) is 0 Å². The Bertz CT molecular complexity index is 320. The van der Waals surface area contributed by atoms with Crippen molar-refractivity contribution in [3.8, 4) is 0 Å². The molecule has 0 atom stereocenters. The van der Waals surface area contributed by atoms with Gasteiger partial charge in [-0.25, -0.2) is 0 Å². The molecule has 1 aromatic carbocycles. The van der Waals surface area contributed by atoms with Gasteiger partial charge in [-0.15, -0.1) is 0 Å². The van der Waals surface area contributed by atoms with Gasteiger partial charge >= 0.3 is 0 Å². The second kappa shape index (κ2) is 7.46. The standard InChI is InChI=1S/C15H26N2/c1-13(2)16-10-7-11-17(4)12-15-9-6-5-8-14(15)3/h5-6,8-9,13,16H,7,10-12H2,1-4H3. The number of hydrogen-bond acceptors (Lipinski definition) is 2. The predicted molar refractivity (Wildman–Crippen MR) is 75.3 cm³/mol. The fraction of sp³-hybridized carbons (Fsp3) is 0.600. The number of rotatable bonds is 7. The molecule has 0 aliphatic carbocycles. The van der Waals surface area contributed by atoms with Crippen LogP contribution in [0.1, 0.15) is 31.4 Å². The molecular formula is C15H26N2. The second-order valence-electron chi connectivity index (χ2n) is 5.13. The molecule has 1 N–H and O–H groups in total. The zero-order valence-electron chi connectivity index (χ0n) is 11.7. The van der Waals surface area contributed by atoms with Crippen molar-refractivity contribution in [1.29, 1.82) is 0 Å². The van der Waals surface area contributed by atoms with E-state index in [1.54, 1.807) is 0 Å². The van der Waals surface area contributed by atoms with Crippen LogP contribution in [0.4, 0.5) is 0 Å². The van der Waals surface area contributed by atoms with Crippen LogP contribution in [0, 0.1) is 6.92 Å². The summed E-state index contributed by atoms with van der Waals surface area (Å²) in [6, 6.07) is 9.22. The summed E-state index contributed by atoms with van der Waals surface area (Å²) < 4.78 is 0. The topological polar surface area (TPSA) is 15.3 Å². The zero-order chi connectivity index (χ0) is 12.7. The van der Waals surface area contributed by atoms with Crippen molar-refractivity contribution in [3.05, 3.63) is 35.4 Å². The van der Waals surface area contributed by atoms with Gasteiger partial charge < -0.3 is 10.2 Å². The van der Waals surface area contributed by atoms with E-state index in [-0.39, 0.29) is 0 Å². The van der Waals surface area contributed by atoms with Crippen LogP contribution in [0.3, 0.4) is 0 Å². The third-order valence-corrected chi connectivity index (χ3v) is 2.97. The molecule has 1 rings (SSSR count). The van der Waals surface area contributed by atoms with E-state index in [9.17, 15) is 0 Å². The lowest BCUT2D eigenvalue weighted by Gasteiger charge is -2.18. The summed E-state index contributed by atoms with van der Waals surface area (Å²) in [7, 11) is 2.20. The average Bonchev–Trinajstić information content (AvgIpc) is 2.27. The number of benzene rings is 1. The van der Waals surface area contributed by atoms with Gasteiger partial charge in [-0.2, -0.15) is 0 Å². The summed E-state index contributed by atoms with van der Waals surface area (Å²) in [4.78, 5) is 2.39. The van der Waals surface area contributed by atoms with Gasteiger partial charge in [0.1, 0.15) is 0 Å². The van der Waals surface area contributed by atoms with Crippen molar-refractivity contribution in [2.45, 2.75) is 39.8 Å². The molecule has 0 aromatic heterocycles. The fourth-order valence-corrected chi connectivity index (χ4v) is 1.90. The number of aryl methyl sites for hydroxylation is 1. The molecule has 0 amide bonds. The number of nitrogens with one attached hydrogen (secondary N) is 1. The van der Waals surface area contributed by atoms with Crippen molar-refractivity contribution < 1.29 is 0 Å². The number of hydrogen-bond donors (Lipinski definition) is 1. The third kappa shape index (κ3) is 5.85. The van der Waals surface area contributed by atoms with Crippen molar-refractivity contribution in [2.24, 2.45) is 0 Å². The van der Waals surface area contributed by atoms with Gasteiger partial charge in [0.15, 0.2) is 0 Å².